The minimum Gasteiger partial charge on any atom is -0.508 e. The van der Waals surface area contributed by atoms with Gasteiger partial charge in [-0.05, 0) is 43.2 Å². The number of benzene rings is 1. The molecule has 110 valence electrons. The zero-order chi connectivity index (χ0) is 14.7. The zero-order valence-corrected chi connectivity index (χ0v) is 12.5. The van der Waals surface area contributed by atoms with E-state index in [1.807, 2.05) is 18.3 Å². The summed E-state index contributed by atoms with van der Waals surface area (Å²) in [6.45, 7) is 2.61. The summed E-state index contributed by atoms with van der Waals surface area (Å²) in [6, 6.07) is 9.00. The summed E-state index contributed by atoms with van der Waals surface area (Å²) in [7, 11) is 0. The van der Waals surface area contributed by atoms with Gasteiger partial charge in [0.2, 0.25) is 0 Å². The van der Waals surface area contributed by atoms with E-state index in [4.69, 9.17) is 11.6 Å². The van der Waals surface area contributed by atoms with Crippen LogP contribution in [0.25, 0.3) is 0 Å². The molecule has 4 nitrogen and oxygen atoms in total. The molecule has 1 fully saturated rings. The maximum absolute atomic E-state index is 9.87. The van der Waals surface area contributed by atoms with Crippen molar-refractivity contribution >= 4 is 23.1 Å². The quantitative estimate of drug-likeness (QED) is 0.905. The molecule has 21 heavy (non-hydrogen) atoms. The van der Waals surface area contributed by atoms with Crippen molar-refractivity contribution in [3.63, 3.8) is 0 Å². The molecule has 2 aromatic rings. The zero-order valence-electron chi connectivity index (χ0n) is 11.7. The summed E-state index contributed by atoms with van der Waals surface area (Å²) in [6.07, 6.45) is 4.24. The first-order valence-electron chi connectivity index (χ1n) is 7.15. The molecule has 1 aromatic carbocycles. The van der Waals surface area contributed by atoms with Gasteiger partial charge in [0.15, 0.2) is 5.82 Å². The Kier molecular flexibility index (Phi) is 4.15. The number of rotatable bonds is 4. The van der Waals surface area contributed by atoms with Gasteiger partial charge in [0, 0.05) is 36.4 Å². The van der Waals surface area contributed by atoms with E-state index in [-0.39, 0.29) is 5.75 Å². The van der Waals surface area contributed by atoms with Crippen LogP contribution in [0.2, 0.25) is 5.02 Å². The SMILES string of the molecule is Oc1ccc(Cl)cc1CNc1cccnc1N1CCCC1. The van der Waals surface area contributed by atoms with Gasteiger partial charge >= 0.3 is 0 Å². The van der Waals surface area contributed by atoms with Crippen molar-refractivity contribution < 1.29 is 5.11 Å². The fourth-order valence-corrected chi connectivity index (χ4v) is 2.80. The number of aromatic nitrogens is 1. The summed E-state index contributed by atoms with van der Waals surface area (Å²) in [5.74, 6) is 1.23. The maximum Gasteiger partial charge on any atom is 0.151 e. The Bertz CT molecular complexity index is 627. The maximum atomic E-state index is 9.87. The average Bonchev–Trinajstić information content (AvgIpc) is 3.03. The van der Waals surface area contributed by atoms with Crippen LogP contribution in [-0.2, 0) is 6.54 Å². The summed E-state index contributed by atoms with van der Waals surface area (Å²) in [5.41, 5.74) is 1.76. The second-order valence-corrected chi connectivity index (χ2v) is 5.63. The predicted molar refractivity (Wildman–Crippen MR) is 86.1 cm³/mol. The van der Waals surface area contributed by atoms with Gasteiger partial charge in [-0.3, -0.25) is 0 Å². The molecule has 1 saturated heterocycles. The molecule has 0 unspecified atom stereocenters. The van der Waals surface area contributed by atoms with E-state index in [1.54, 1.807) is 18.2 Å². The second-order valence-electron chi connectivity index (χ2n) is 5.20. The normalized spacial score (nSPS) is 14.4. The number of hydrogen-bond donors (Lipinski definition) is 2. The van der Waals surface area contributed by atoms with Crippen molar-refractivity contribution in [1.29, 1.82) is 0 Å². The average molecular weight is 304 g/mol. The highest BCUT2D eigenvalue weighted by Crippen LogP contribution is 2.28. The third-order valence-corrected chi connectivity index (χ3v) is 3.94. The van der Waals surface area contributed by atoms with Gasteiger partial charge < -0.3 is 15.3 Å². The number of halogens is 1. The van der Waals surface area contributed by atoms with E-state index in [1.165, 1.54) is 12.8 Å². The Morgan fingerprint density at radius 2 is 2.05 bits per heavy atom. The van der Waals surface area contributed by atoms with Crippen molar-refractivity contribution in [2.75, 3.05) is 23.3 Å². The lowest BCUT2D eigenvalue weighted by Gasteiger charge is -2.20. The lowest BCUT2D eigenvalue weighted by atomic mass is 10.2. The minimum absolute atomic E-state index is 0.249. The van der Waals surface area contributed by atoms with Crippen molar-refractivity contribution in [3.05, 3.63) is 47.1 Å². The molecule has 2 N–H and O–H groups in total. The number of aromatic hydroxyl groups is 1. The number of phenols is 1. The van der Waals surface area contributed by atoms with E-state index >= 15 is 0 Å². The smallest absolute Gasteiger partial charge is 0.151 e. The number of nitrogens with zero attached hydrogens (tertiary/aromatic N) is 2. The van der Waals surface area contributed by atoms with Crippen molar-refractivity contribution in [2.45, 2.75) is 19.4 Å². The Labute approximate surface area is 129 Å². The number of nitrogens with one attached hydrogen (secondary N) is 1. The topological polar surface area (TPSA) is 48.4 Å². The van der Waals surface area contributed by atoms with Gasteiger partial charge in [0.1, 0.15) is 5.75 Å². The molecule has 0 amide bonds. The Hall–Kier alpha value is -1.94. The van der Waals surface area contributed by atoms with Crippen LogP contribution >= 0.6 is 11.6 Å². The minimum atomic E-state index is 0.249. The van der Waals surface area contributed by atoms with Crippen LogP contribution in [-0.4, -0.2) is 23.2 Å². The standard InChI is InChI=1S/C16H18ClN3O/c17-13-5-6-15(21)12(10-13)11-19-14-4-3-7-18-16(14)20-8-1-2-9-20/h3-7,10,19,21H,1-2,8-9,11H2. The summed E-state index contributed by atoms with van der Waals surface area (Å²) in [5, 5.41) is 13.8. The van der Waals surface area contributed by atoms with Gasteiger partial charge in [-0.2, -0.15) is 0 Å². The molecule has 1 aliphatic heterocycles. The molecule has 0 aliphatic carbocycles. The molecule has 1 aromatic heterocycles. The Morgan fingerprint density at radius 3 is 2.86 bits per heavy atom. The Morgan fingerprint density at radius 1 is 1.24 bits per heavy atom. The van der Waals surface area contributed by atoms with Crippen molar-refractivity contribution in [1.82, 2.24) is 4.98 Å². The molecule has 0 saturated carbocycles. The van der Waals surface area contributed by atoms with Gasteiger partial charge in [0.05, 0.1) is 5.69 Å². The number of pyridine rings is 1. The van der Waals surface area contributed by atoms with Gasteiger partial charge in [-0.1, -0.05) is 11.6 Å². The molecule has 2 heterocycles. The number of hydrogen-bond acceptors (Lipinski definition) is 4. The first-order valence-corrected chi connectivity index (χ1v) is 7.53. The highest BCUT2D eigenvalue weighted by molar-refractivity contribution is 6.30. The molecule has 3 rings (SSSR count). The highest BCUT2D eigenvalue weighted by Gasteiger charge is 2.16. The van der Waals surface area contributed by atoms with E-state index in [0.717, 1.165) is 30.2 Å². The molecule has 0 spiro atoms. The van der Waals surface area contributed by atoms with Crippen LogP contribution in [0.3, 0.4) is 0 Å². The van der Waals surface area contributed by atoms with Crippen LogP contribution < -0.4 is 10.2 Å². The molecular formula is C16H18ClN3O. The second kappa shape index (κ2) is 6.22. The van der Waals surface area contributed by atoms with Gasteiger partial charge in [-0.15, -0.1) is 0 Å². The van der Waals surface area contributed by atoms with Crippen LogP contribution in [0.4, 0.5) is 11.5 Å². The molecule has 1 aliphatic rings. The molecule has 0 atom stereocenters. The summed E-state index contributed by atoms with van der Waals surface area (Å²) < 4.78 is 0. The number of anilines is 2. The number of phenolic OH excluding ortho intramolecular Hbond substituents is 1. The third-order valence-electron chi connectivity index (χ3n) is 3.70. The fraction of sp³-hybridized carbons (Fsp3) is 0.312. The van der Waals surface area contributed by atoms with Crippen molar-refractivity contribution in [2.24, 2.45) is 0 Å². The van der Waals surface area contributed by atoms with Crippen molar-refractivity contribution in [3.8, 4) is 5.75 Å². The van der Waals surface area contributed by atoms with Crippen LogP contribution in [0.1, 0.15) is 18.4 Å². The van der Waals surface area contributed by atoms with Crippen LogP contribution in [0.15, 0.2) is 36.5 Å². The third kappa shape index (κ3) is 3.22. The Balaban J connectivity index is 1.77. The van der Waals surface area contributed by atoms with E-state index in [2.05, 4.69) is 15.2 Å². The lowest BCUT2D eigenvalue weighted by Crippen LogP contribution is -2.20. The van der Waals surface area contributed by atoms with E-state index in [0.29, 0.717) is 11.6 Å². The molecule has 0 bridgehead atoms. The van der Waals surface area contributed by atoms with Crippen LogP contribution in [0.5, 0.6) is 5.75 Å². The van der Waals surface area contributed by atoms with Gasteiger partial charge in [-0.25, -0.2) is 4.98 Å². The molecule has 5 heteroatoms. The predicted octanol–water partition coefficient (Wildman–Crippen LogP) is 3.65. The lowest BCUT2D eigenvalue weighted by molar-refractivity contribution is 0.469. The first-order chi connectivity index (χ1) is 10.2. The van der Waals surface area contributed by atoms with Gasteiger partial charge in [0.25, 0.3) is 0 Å². The van der Waals surface area contributed by atoms with E-state index in [9.17, 15) is 5.11 Å². The highest BCUT2D eigenvalue weighted by atomic mass is 35.5. The summed E-state index contributed by atoms with van der Waals surface area (Å²) >= 11 is 5.97. The summed E-state index contributed by atoms with van der Waals surface area (Å²) in [4.78, 5) is 6.78. The first kappa shape index (κ1) is 14.0. The largest absolute Gasteiger partial charge is 0.508 e. The fourth-order valence-electron chi connectivity index (χ4n) is 2.60. The van der Waals surface area contributed by atoms with Crippen LogP contribution in [0, 0.1) is 0 Å². The van der Waals surface area contributed by atoms with E-state index < -0.39 is 0 Å². The monoisotopic (exact) mass is 303 g/mol. The molecular weight excluding hydrogens is 286 g/mol. The molecule has 0 radical (unpaired) electrons.